The maximum Gasteiger partial charge on any atom is 0.321 e. The molecule has 1 saturated heterocycles. The van der Waals surface area contributed by atoms with Crippen LogP contribution in [0.4, 0.5) is 4.39 Å². The van der Waals surface area contributed by atoms with Crippen molar-refractivity contribution in [2.24, 2.45) is 0 Å². The molecule has 31 heavy (non-hydrogen) atoms. The predicted octanol–water partition coefficient (Wildman–Crippen LogP) is -1.22. The van der Waals surface area contributed by atoms with Gasteiger partial charge in [-0.25, -0.2) is 4.39 Å². The molecule has 1 aliphatic rings. The van der Waals surface area contributed by atoms with Crippen molar-refractivity contribution < 1.29 is 38.9 Å². The van der Waals surface area contributed by atoms with Gasteiger partial charge in [0, 0.05) is 58.8 Å². The van der Waals surface area contributed by atoms with Gasteiger partial charge in [0.1, 0.15) is 12.7 Å². The molecule has 1 rings (SSSR count). The summed E-state index contributed by atoms with van der Waals surface area (Å²) in [4.78, 5) is 52.8. The number of carboxylic acids is 3. The van der Waals surface area contributed by atoms with Gasteiger partial charge in [-0.3, -0.25) is 33.9 Å². The monoisotopic (exact) mass is 448 g/mol. The van der Waals surface area contributed by atoms with Crippen molar-refractivity contribution in [1.82, 2.24) is 19.6 Å². The highest BCUT2D eigenvalue weighted by atomic mass is 19.1. The smallest absolute Gasteiger partial charge is 0.321 e. The van der Waals surface area contributed by atoms with Gasteiger partial charge in [0.15, 0.2) is 5.78 Å². The van der Waals surface area contributed by atoms with E-state index in [9.17, 15) is 33.8 Å². The van der Waals surface area contributed by atoms with Crippen molar-refractivity contribution in [1.29, 1.82) is 0 Å². The Balaban J connectivity index is 3.04. The number of hydrogen-bond donors (Lipinski definition) is 3. The molecule has 0 amide bonds. The average molecular weight is 448 g/mol. The number of alkyl halides is 1. The molecule has 1 heterocycles. The molecule has 0 spiro atoms. The molecule has 178 valence electrons. The highest BCUT2D eigenvalue weighted by Crippen LogP contribution is 2.09. The second kappa shape index (κ2) is 14.0. The maximum absolute atomic E-state index is 12.7. The summed E-state index contributed by atoms with van der Waals surface area (Å²) in [7, 11) is 0. The molecule has 0 aliphatic carbocycles. The third-order valence-electron chi connectivity index (χ3n) is 5.33. The minimum Gasteiger partial charge on any atom is -0.480 e. The summed E-state index contributed by atoms with van der Waals surface area (Å²) >= 11 is 0. The summed E-state index contributed by atoms with van der Waals surface area (Å²) in [5.41, 5.74) is 0. The van der Waals surface area contributed by atoms with Gasteiger partial charge < -0.3 is 20.2 Å². The van der Waals surface area contributed by atoms with E-state index < -0.39 is 42.8 Å². The summed E-state index contributed by atoms with van der Waals surface area (Å²) in [6.45, 7) is 3.76. The molecule has 1 unspecified atom stereocenters. The highest BCUT2D eigenvalue weighted by Gasteiger charge is 2.29. The second-order valence-corrected chi connectivity index (χ2v) is 7.54. The number of carbonyl (C=O) groups is 4. The van der Waals surface area contributed by atoms with Crippen LogP contribution in [0.1, 0.15) is 13.3 Å². The standard InChI is InChI=1S/C19H33FN4O7/c1-2-21-3-4-22(13-17(26)27)5-6-23(14-18(28)29)8-10-24(9-7-21)16(19(30)31)11-15(25)12-20/h16H,2-14H2,1H3,(H,26,27)(H,28,29)(H,30,31). The number of aliphatic carboxylic acids is 3. The fourth-order valence-electron chi connectivity index (χ4n) is 3.52. The van der Waals surface area contributed by atoms with Crippen molar-refractivity contribution >= 4 is 23.7 Å². The van der Waals surface area contributed by atoms with E-state index in [0.29, 0.717) is 45.8 Å². The summed E-state index contributed by atoms with van der Waals surface area (Å²) < 4.78 is 12.7. The minimum atomic E-state index is -1.23. The van der Waals surface area contributed by atoms with Gasteiger partial charge >= 0.3 is 17.9 Å². The molecule has 0 radical (unpaired) electrons. The number of ketones is 1. The number of rotatable bonds is 10. The third kappa shape index (κ3) is 10.6. The van der Waals surface area contributed by atoms with Crippen LogP contribution in [0.15, 0.2) is 0 Å². The normalized spacial score (nSPS) is 19.8. The molecule has 0 aromatic carbocycles. The van der Waals surface area contributed by atoms with Crippen molar-refractivity contribution in [3.8, 4) is 0 Å². The first kappa shape index (κ1) is 26.9. The van der Waals surface area contributed by atoms with Gasteiger partial charge in [0.25, 0.3) is 0 Å². The van der Waals surface area contributed by atoms with Gasteiger partial charge in [0.2, 0.25) is 0 Å². The molecular formula is C19H33FN4O7. The lowest BCUT2D eigenvalue weighted by Gasteiger charge is -2.35. The van der Waals surface area contributed by atoms with Crippen molar-refractivity contribution in [3.63, 3.8) is 0 Å². The largest absolute Gasteiger partial charge is 0.480 e. The molecule has 0 aromatic rings. The Labute approximate surface area is 181 Å². The Hall–Kier alpha value is -2.15. The Kier molecular flexibility index (Phi) is 12.2. The van der Waals surface area contributed by atoms with Crippen LogP contribution in [0.25, 0.3) is 0 Å². The lowest BCUT2D eigenvalue weighted by atomic mass is 10.1. The zero-order valence-corrected chi connectivity index (χ0v) is 17.9. The van der Waals surface area contributed by atoms with E-state index in [1.807, 2.05) is 11.8 Å². The lowest BCUT2D eigenvalue weighted by molar-refractivity contribution is -0.146. The molecule has 0 saturated carbocycles. The first-order chi connectivity index (χ1) is 14.7. The number of halogens is 1. The predicted molar refractivity (Wildman–Crippen MR) is 109 cm³/mol. The molecule has 1 fully saturated rings. The van der Waals surface area contributed by atoms with Crippen LogP contribution < -0.4 is 0 Å². The van der Waals surface area contributed by atoms with E-state index in [4.69, 9.17) is 5.11 Å². The fraction of sp³-hybridized carbons (Fsp3) is 0.789. The number of hydrogen-bond acceptors (Lipinski definition) is 8. The molecule has 0 aromatic heterocycles. The van der Waals surface area contributed by atoms with Gasteiger partial charge in [0.05, 0.1) is 13.1 Å². The van der Waals surface area contributed by atoms with Crippen molar-refractivity contribution in [2.45, 2.75) is 19.4 Å². The molecule has 12 heteroatoms. The molecule has 1 atom stereocenters. The number of carboxylic acid groups (broad SMARTS) is 3. The quantitative estimate of drug-likeness (QED) is 0.370. The maximum atomic E-state index is 12.7. The number of carbonyl (C=O) groups excluding carboxylic acids is 1. The summed E-state index contributed by atoms with van der Waals surface area (Å²) in [6, 6.07) is -1.19. The number of Topliss-reactive ketones (excluding diaryl/α,β-unsaturated/α-hetero) is 1. The Morgan fingerprint density at radius 2 is 1.19 bits per heavy atom. The van der Waals surface area contributed by atoms with Crippen LogP contribution in [0.5, 0.6) is 0 Å². The molecule has 0 bridgehead atoms. The third-order valence-corrected chi connectivity index (χ3v) is 5.33. The van der Waals surface area contributed by atoms with Gasteiger partial charge in [-0.05, 0) is 6.54 Å². The topological polar surface area (TPSA) is 142 Å². The van der Waals surface area contributed by atoms with E-state index in [2.05, 4.69) is 0 Å². The van der Waals surface area contributed by atoms with Crippen LogP contribution in [0.3, 0.4) is 0 Å². The minimum absolute atomic E-state index is 0.156. The lowest BCUT2D eigenvalue weighted by Crippen LogP contribution is -2.51. The fourth-order valence-corrected chi connectivity index (χ4v) is 3.52. The van der Waals surface area contributed by atoms with Gasteiger partial charge in [-0.1, -0.05) is 6.92 Å². The van der Waals surface area contributed by atoms with Crippen molar-refractivity contribution in [2.75, 3.05) is 78.7 Å². The summed E-state index contributed by atoms with van der Waals surface area (Å²) in [6.07, 6.45) is -0.455. The van der Waals surface area contributed by atoms with Crippen LogP contribution in [-0.4, -0.2) is 143 Å². The van der Waals surface area contributed by atoms with E-state index in [1.54, 1.807) is 14.7 Å². The van der Waals surface area contributed by atoms with E-state index in [1.165, 1.54) is 0 Å². The molecular weight excluding hydrogens is 415 g/mol. The number of likely N-dealkylation sites (N-methyl/N-ethyl adjacent to an activating group) is 1. The van der Waals surface area contributed by atoms with Crippen LogP contribution in [-0.2, 0) is 19.2 Å². The van der Waals surface area contributed by atoms with E-state index >= 15 is 0 Å². The zero-order chi connectivity index (χ0) is 23.4. The zero-order valence-electron chi connectivity index (χ0n) is 17.9. The Bertz CT molecular complexity index is 622. The van der Waals surface area contributed by atoms with Gasteiger partial charge in [-0.2, -0.15) is 0 Å². The van der Waals surface area contributed by atoms with Crippen LogP contribution >= 0.6 is 0 Å². The van der Waals surface area contributed by atoms with Crippen molar-refractivity contribution in [3.05, 3.63) is 0 Å². The van der Waals surface area contributed by atoms with E-state index in [-0.39, 0.29) is 26.2 Å². The number of nitrogens with zero attached hydrogens (tertiary/aromatic N) is 4. The first-order valence-corrected chi connectivity index (χ1v) is 10.3. The molecule has 3 N–H and O–H groups in total. The first-order valence-electron chi connectivity index (χ1n) is 10.3. The molecule has 1 aliphatic heterocycles. The van der Waals surface area contributed by atoms with Gasteiger partial charge in [-0.15, -0.1) is 0 Å². The second-order valence-electron chi connectivity index (χ2n) is 7.54. The van der Waals surface area contributed by atoms with E-state index in [0.717, 1.165) is 0 Å². The SMILES string of the molecule is CCN1CCN(CC(=O)O)CCN(CC(=O)O)CCN(C(CC(=O)CF)C(=O)O)CC1. The Morgan fingerprint density at radius 3 is 1.58 bits per heavy atom. The average Bonchev–Trinajstić information content (AvgIpc) is 2.69. The van der Waals surface area contributed by atoms with Crippen LogP contribution in [0, 0.1) is 0 Å². The Morgan fingerprint density at radius 1 is 0.774 bits per heavy atom. The highest BCUT2D eigenvalue weighted by molar-refractivity contribution is 5.86. The van der Waals surface area contributed by atoms with Crippen LogP contribution in [0.2, 0.25) is 0 Å². The summed E-state index contributed by atoms with van der Waals surface area (Å²) in [5.74, 6) is -4.04. The molecule has 11 nitrogen and oxygen atoms in total. The summed E-state index contributed by atoms with van der Waals surface area (Å²) in [5, 5.41) is 28.0.